The maximum Gasteiger partial charge on any atom is 0.233 e. The Morgan fingerprint density at radius 2 is 1.86 bits per heavy atom. The van der Waals surface area contributed by atoms with Gasteiger partial charge in [0.05, 0.1) is 0 Å². The summed E-state index contributed by atoms with van der Waals surface area (Å²) in [5, 5.41) is 13.7. The first kappa shape index (κ1) is 11.1. The van der Waals surface area contributed by atoms with Crippen LogP contribution in [-0.4, -0.2) is 14.9 Å². The van der Waals surface area contributed by atoms with Crippen LogP contribution in [0, 0.1) is 5.92 Å². The Hall–Kier alpha value is -0.990. The van der Waals surface area contributed by atoms with Gasteiger partial charge in [0.15, 0.2) is 0 Å². The fourth-order valence-corrected chi connectivity index (χ4v) is 1.89. The molecule has 0 fully saturated rings. The summed E-state index contributed by atoms with van der Waals surface area (Å²) in [7, 11) is 1.89. The van der Waals surface area contributed by atoms with Crippen LogP contribution >= 0.6 is 0 Å². The number of rotatable bonds is 3. The topological polar surface area (TPSA) is 38.1 Å². The normalized spacial score (nSPS) is 11.6. The summed E-state index contributed by atoms with van der Waals surface area (Å²) in [6, 6.07) is 0. The molecule has 14 heavy (non-hydrogen) atoms. The predicted molar refractivity (Wildman–Crippen MR) is 57.5 cm³/mol. The lowest BCUT2D eigenvalue weighted by Gasteiger charge is -2.10. The van der Waals surface area contributed by atoms with Crippen molar-refractivity contribution in [1.82, 2.24) is 9.78 Å². The van der Waals surface area contributed by atoms with Crippen molar-refractivity contribution >= 4 is 0 Å². The summed E-state index contributed by atoms with van der Waals surface area (Å²) in [5.41, 5.74) is 2.16. The van der Waals surface area contributed by atoms with E-state index in [2.05, 4.69) is 32.8 Å². The van der Waals surface area contributed by atoms with Gasteiger partial charge in [-0.05, 0) is 18.3 Å². The van der Waals surface area contributed by atoms with Crippen LogP contribution in [0.4, 0.5) is 0 Å². The van der Waals surface area contributed by atoms with Crippen LogP contribution in [0.15, 0.2) is 0 Å². The van der Waals surface area contributed by atoms with Crippen molar-refractivity contribution in [3.63, 3.8) is 0 Å². The van der Waals surface area contributed by atoms with Crippen LogP contribution in [0.25, 0.3) is 0 Å². The molecule has 1 aromatic rings. The quantitative estimate of drug-likeness (QED) is 0.806. The van der Waals surface area contributed by atoms with Gasteiger partial charge in [0.1, 0.15) is 0 Å². The van der Waals surface area contributed by atoms with Crippen LogP contribution in [0.3, 0.4) is 0 Å². The minimum atomic E-state index is 0.199. The molecule has 1 N–H and O–H groups in total. The largest absolute Gasteiger partial charge is 0.492 e. The van der Waals surface area contributed by atoms with Gasteiger partial charge in [-0.25, -0.2) is 0 Å². The second kappa shape index (κ2) is 4.03. The molecular weight excluding hydrogens is 176 g/mol. The zero-order valence-electron chi connectivity index (χ0n) is 9.70. The second-order valence-corrected chi connectivity index (χ2v) is 4.56. The monoisotopic (exact) mass is 196 g/mol. The molecule has 3 heteroatoms. The molecule has 3 nitrogen and oxygen atoms in total. The van der Waals surface area contributed by atoms with E-state index in [0.717, 1.165) is 17.7 Å². The van der Waals surface area contributed by atoms with Gasteiger partial charge < -0.3 is 5.11 Å². The van der Waals surface area contributed by atoms with Crippen LogP contribution in [0.2, 0.25) is 0 Å². The van der Waals surface area contributed by atoms with Crippen molar-refractivity contribution in [2.24, 2.45) is 13.0 Å². The predicted octanol–water partition coefficient (Wildman–Crippen LogP) is 2.45. The average molecular weight is 196 g/mol. The first-order valence-electron chi connectivity index (χ1n) is 5.18. The Morgan fingerprint density at radius 3 is 2.29 bits per heavy atom. The molecule has 0 radical (unpaired) electrons. The third-order valence-corrected chi connectivity index (χ3v) is 2.33. The lowest BCUT2D eigenvalue weighted by atomic mass is 9.98. The molecular formula is C11H20N2O. The van der Waals surface area contributed by atoms with Gasteiger partial charge in [0, 0.05) is 18.3 Å². The second-order valence-electron chi connectivity index (χ2n) is 4.56. The maximum absolute atomic E-state index is 9.68. The van der Waals surface area contributed by atoms with E-state index in [9.17, 15) is 5.11 Å². The van der Waals surface area contributed by atoms with Gasteiger partial charge in [0.2, 0.25) is 5.88 Å². The van der Waals surface area contributed by atoms with E-state index in [1.807, 2.05) is 7.05 Å². The van der Waals surface area contributed by atoms with Crippen LogP contribution in [0.5, 0.6) is 5.88 Å². The summed E-state index contributed by atoms with van der Waals surface area (Å²) in [6.45, 7) is 8.55. The Labute approximate surface area is 85.8 Å². The molecule has 0 saturated heterocycles. The van der Waals surface area contributed by atoms with E-state index in [-0.39, 0.29) is 5.88 Å². The fraction of sp³-hybridized carbons (Fsp3) is 0.727. The van der Waals surface area contributed by atoms with Crippen molar-refractivity contribution in [2.75, 3.05) is 0 Å². The molecule has 0 atom stereocenters. The van der Waals surface area contributed by atoms with Crippen molar-refractivity contribution in [3.8, 4) is 5.88 Å². The molecule has 0 unspecified atom stereocenters. The van der Waals surface area contributed by atoms with E-state index in [1.165, 1.54) is 0 Å². The van der Waals surface area contributed by atoms with Gasteiger partial charge in [-0.3, -0.25) is 4.68 Å². The molecule has 0 amide bonds. The number of aryl methyl sites for hydroxylation is 1. The molecule has 1 heterocycles. The first-order valence-corrected chi connectivity index (χ1v) is 5.18. The van der Waals surface area contributed by atoms with Crippen LogP contribution in [-0.2, 0) is 13.5 Å². The number of hydrogen-bond donors (Lipinski definition) is 1. The molecule has 1 rings (SSSR count). The highest BCUT2D eigenvalue weighted by Gasteiger charge is 2.18. The maximum atomic E-state index is 9.68. The Morgan fingerprint density at radius 1 is 1.29 bits per heavy atom. The van der Waals surface area contributed by atoms with E-state index >= 15 is 0 Å². The number of nitrogens with zero attached hydrogens (tertiary/aromatic N) is 2. The zero-order valence-corrected chi connectivity index (χ0v) is 9.70. The third kappa shape index (κ3) is 2.08. The average Bonchev–Trinajstić information content (AvgIpc) is 2.25. The molecule has 0 saturated carbocycles. The molecule has 0 aliphatic heterocycles. The molecule has 0 aliphatic rings. The Kier molecular flexibility index (Phi) is 3.19. The van der Waals surface area contributed by atoms with E-state index in [1.54, 1.807) is 4.68 Å². The van der Waals surface area contributed by atoms with E-state index in [4.69, 9.17) is 0 Å². The number of aromatic hydroxyl groups is 1. The number of aromatic nitrogens is 2. The fourth-order valence-electron chi connectivity index (χ4n) is 1.89. The van der Waals surface area contributed by atoms with Crippen molar-refractivity contribution in [3.05, 3.63) is 11.3 Å². The minimum Gasteiger partial charge on any atom is -0.492 e. The van der Waals surface area contributed by atoms with Gasteiger partial charge in [0.25, 0.3) is 0 Å². The summed E-state index contributed by atoms with van der Waals surface area (Å²) >= 11 is 0. The first-order chi connectivity index (χ1) is 6.43. The SMILES string of the molecule is CC(C)Cc1c(O)nn(C)c1C(C)C. The lowest BCUT2D eigenvalue weighted by Crippen LogP contribution is -2.04. The van der Waals surface area contributed by atoms with Crippen molar-refractivity contribution < 1.29 is 5.11 Å². The molecule has 80 valence electrons. The van der Waals surface area contributed by atoms with Gasteiger partial charge in [-0.15, -0.1) is 5.10 Å². The van der Waals surface area contributed by atoms with E-state index in [0.29, 0.717) is 11.8 Å². The zero-order chi connectivity index (χ0) is 10.9. The molecule has 0 bridgehead atoms. The number of hydrogen-bond acceptors (Lipinski definition) is 2. The minimum absolute atomic E-state index is 0.199. The lowest BCUT2D eigenvalue weighted by molar-refractivity contribution is 0.435. The highest BCUT2D eigenvalue weighted by molar-refractivity contribution is 5.32. The molecule has 0 aliphatic carbocycles. The smallest absolute Gasteiger partial charge is 0.233 e. The van der Waals surface area contributed by atoms with Crippen molar-refractivity contribution in [1.29, 1.82) is 0 Å². The highest BCUT2D eigenvalue weighted by atomic mass is 16.3. The molecule has 0 aromatic carbocycles. The van der Waals surface area contributed by atoms with Gasteiger partial charge in [-0.1, -0.05) is 27.7 Å². The Balaban J connectivity index is 3.11. The Bertz CT molecular complexity index is 313. The summed E-state index contributed by atoms with van der Waals surface area (Å²) in [5.74, 6) is 1.15. The van der Waals surface area contributed by atoms with E-state index < -0.39 is 0 Å². The van der Waals surface area contributed by atoms with Crippen LogP contribution in [0.1, 0.15) is 44.9 Å². The highest BCUT2D eigenvalue weighted by Crippen LogP contribution is 2.28. The van der Waals surface area contributed by atoms with Crippen molar-refractivity contribution in [2.45, 2.75) is 40.0 Å². The van der Waals surface area contributed by atoms with Gasteiger partial charge in [-0.2, -0.15) is 0 Å². The summed E-state index contributed by atoms with van der Waals surface area (Å²) in [4.78, 5) is 0. The standard InChI is InChI=1S/C11H20N2O/c1-7(2)6-9-10(8(3)4)13(5)12-11(9)14/h7-8H,6H2,1-5H3,(H,12,14). The molecule has 0 spiro atoms. The van der Waals surface area contributed by atoms with Crippen LogP contribution < -0.4 is 0 Å². The molecule has 1 aromatic heterocycles. The third-order valence-electron chi connectivity index (χ3n) is 2.33. The summed E-state index contributed by atoms with van der Waals surface area (Å²) in [6.07, 6.45) is 0.896. The van der Waals surface area contributed by atoms with Gasteiger partial charge >= 0.3 is 0 Å². The summed E-state index contributed by atoms with van der Waals surface area (Å²) < 4.78 is 1.79.